The third-order valence-electron chi connectivity index (χ3n) is 16.4. The highest BCUT2D eigenvalue weighted by Crippen LogP contribution is 2.43. The monoisotopic (exact) mass is 1060 g/mol. The van der Waals surface area contributed by atoms with Crippen LogP contribution < -0.4 is 9.80 Å². The Labute approximate surface area is 479 Å². The predicted octanol–water partition coefficient (Wildman–Crippen LogP) is 22.8. The highest BCUT2D eigenvalue weighted by molar-refractivity contribution is 6.17. The molecular formula is C78H62N2O2. The summed E-state index contributed by atoms with van der Waals surface area (Å²) < 4.78 is 13.3. The molecule has 14 aromatic rings. The number of furan rings is 2. The van der Waals surface area contributed by atoms with Gasteiger partial charge in [0.15, 0.2) is 0 Å². The number of fused-ring (bicyclic) bond motifs is 7. The zero-order chi connectivity index (χ0) is 55.7. The van der Waals surface area contributed by atoms with Gasteiger partial charge in [-0.1, -0.05) is 187 Å². The molecule has 0 N–H and O–H groups in total. The number of benzene rings is 12. The van der Waals surface area contributed by atoms with Crippen LogP contribution in [0.1, 0.15) is 52.7 Å². The molecule has 0 spiro atoms. The van der Waals surface area contributed by atoms with E-state index >= 15 is 0 Å². The van der Waals surface area contributed by atoms with Gasteiger partial charge in [0.2, 0.25) is 0 Å². The van der Waals surface area contributed by atoms with Crippen LogP contribution in [0.5, 0.6) is 0 Å². The van der Waals surface area contributed by atoms with Gasteiger partial charge in [-0.3, -0.25) is 0 Å². The summed E-state index contributed by atoms with van der Waals surface area (Å²) in [7, 11) is 0. The summed E-state index contributed by atoms with van der Waals surface area (Å²) in [6.45, 7) is 13.6. The number of rotatable bonds is 10. The molecule has 14 rings (SSSR count). The van der Waals surface area contributed by atoms with Crippen LogP contribution in [-0.4, -0.2) is 0 Å². The predicted molar refractivity (Wildman–Crippen MR) is 347 cm³/mol. The van der Waals surface area contributed by atoms with E-state index in [1.165, 1.54) is 33.4 Å². The van der Waals surface area contributed by atoms with E-state index in [4.69, 9.17) is 8.83 Å². The Bertz CT molecular complexity index is 4350. The molecule has 4 nitrogen and oxygen atoms in total. The minimum atomic E-state index is 0.0579. The average Bonchev–Trinajstić information content (AvgIpc) is 4.21. The van der Waals surface area contributed by atoms with Crippen LogP contribution in [0.3, 0.4) is 0 Å². The first-order chi connectivity index (χ1) is 39.8. The SMILES string of the molecule is CC(C)(C)c1ccc(N(c2ccc(-c3ccccc3)cc2)c2ccc3cc(-c4cc5c(ccc6c7cc(-c8ccc9cc(N(c%10ccc(-c%11ccccc%11)cc%10)c%10ccc(C(C)(C)C)cc%10)ccc9c8)oc7ccc56)o4)ccc3c2)cc1. The lowest BCUT2D eigenvalue weighted by atomic mass is 9.87. The lowest BCUT2D eigenvalue weighted by molar-refractivity contribution is 0.590. The summed E-state index contributed by atoms with van der Waals surface area (Å²) in [6, 6.07) is 96.6. The van der Waals surface area contributed by atoms with E-state index in [0.29, 0.717) is 0 Å². The summed E-state index contributed by atoms with van der Waals surface area (Å²) in [5.41, 5.74) is 17.9. The molecule has 0 amide bonds. The van der Waals surface area contributed by atoms with Gasteiger partial charge in [-0.15, -0.1) is 0 Å². The molecule has 0 bridgehead atoms. The van der Waals surface area contributed by atoms with Crippen LogP contribution in [0.2, 0.25) is 0 Å². The molecular weight excluding hydrogens is 997 g/mol. The Balaban J connectivity index is 0.754. The van der Waals surface area contributed by atoms with Crippen molar-refractivity contribution in [3.05, 3.63) is 278 Å². The summed E-state index contributed by atoms with van der Waals surface area (Å²) in [5, 5.41) is 9.00. The van der Waals surface area contributed by atoms with Crippen LogP contribution in [-0.2, 0) is 10.8 Å². The van der Waals surface area contributed by atoms with Crippen LogP contribution in [0.25, 0.3) is 99.2 Å². The van der Waals surface area contributed by atoms with E-state index in [1.54, 1.807) is 0 Å². The fourth-order valence-electron chi connectivity index (χ4n) is 11.8. The lowest BCUT2D eigenvalue weighted by Crippen LogP contribution is -2.13. The molecule has 82 heavy (non-hydrogen) atoms. The maximum Gasteiger partial charge on any atom is 0.135 e. The third kappa shape index (κ3) is 9.46. The molecule has 0 unspecified atom stereocenters. The van der Waals surface area contributed by atoms with E-state index in [0.717, 1.165) is 111 Å². The molecule has 0 atom stereocenters. The van der Waals surface area contributed by atoms with Gasteiger partial charge in [-0.05, 0) is 198 Å². The largest absolute Gasteiger partial charge is 0.456 e. The van der Waals surface area contributed by atoms with E-state index < -0.39 is 0 Å². The summed E-state index contributed by atoms with van der Waals surface area (Å²) in [4.78, 5) is 4.70. The smallest absolute Gasteiger partial charge is 0.135 e. The quantitative estimate of drug-likeness (QED) is 0.137. The summed E-state index contributed by atoms with van der Waals surface area (Å²) >= 11 is 0. The van der Waals surface area contributed by atoms with Gasteiger partial charge in [0.05, 0.1) is 0 Å². The van der Waals surface area contributed by atoms with Crippen molar-refractivity contribution in [1.82, 2.24) is 0 Å². The maximum atomic E-state index is 6.67. The Hall–Kier alpha value is -9.90. The van der Waals surface area contributed by atoms with Crippen molar-refractivity contribution in [3.8, 4) is 44.9 Å². The normalized spacial score (nSPS) is 12.0. The Morgan fingerprint density at radius 1 is 0.244 bits per heavy atom. The van der Waals surface area contributed by atoms with Crippen molar-refractivity contribution < 1.29 is 8.83 Å². The highest BCUT2D eigenvalue weighted by Gasteiger charge is 2.21. The lowest BCUT2D eigenvalue weighted by Gasteiger charge is -2.27. The second-order valence-electron chi connectivity index (χ2n) is 23.9. The van der Waals surface area contributed by atoms with Gasteiger partial charge in [0.25, 0.3) is 0 Å². The van der Waals surface area contributed by atoms with E-state index in [2.05, 4.69) is 318 Å². The Kier molecular flexibility index (Phi) is 12.3. The Morgan fingerprint density at radius 3 is 0.915 bits per heavy atom. The topological polar surface area (TPSA) is 32.8 Å². The maximum absolute atomic E-state index is 6.67. The van der Waals surface area contributed by atoms with E-state index in [1.807, 2.05) is 0 Å². The second kappa shape index (κ2) is 20.0. The molecule has 4 heteroatoms. The minimum Gasteiger partial charge on any atom is -0.456 e. The number of anilines is 6. The molecule has 0 fully saturated rings. The van der Waals surface area contributed by atoms with Gasteiger partial charge in [-0.2, -0.15) is 0 Å². The zero-order valence-corrected chi connectivity index (χ0v) is 47.1. The van der Waals surface area contributed by atoms with Crippen molar-refractivity contribution in [2.75, 3.05) is 9.80 Å². The van der Waals surface area contributed by atoms with Gasteiger partial charge >= 0.3 is 0 Å². The molecule has 396 valence electrons. The van der Waals surface area contributed by atoms with Crippen molar-refractivity contribution in [2.24, 2.45) is 0 Å². The first-order valence-corrected chi connectivity index (χ1v) is 28.4. The van der Waals surface area contributed by atoms with Crippen LogP contribution in [0.15, 0.2) is 276 Å². The van der Waals surface area contributed by atoms with Gasteiger partial charge in [0.1, 0.15) is 22.7 Å². The fourth-order valence-corrected chi connectivity index (χ4v) is 11.8. The standard InChI is InChI=1S/C78H62N2O2/c1-77(2,3)61-27-37-65(38-28-61)79(63-31-21-53(22-32-63)51-13-9-7-10-14-51)67-35-25-55-45-59(19-17-57(55)47-67)75-49-71-69-42-44-74-72(70(69)41-43-73(71)81-75)50-76(82-74)60-20-18-58-48-68(36-26-56(58)46-60)80(66-39-29-62(30-40-66)78(4,5)6)64-33-23-54(24-34-64)52-15-11-8-12-16-52/h7-50H,1-6H3. The van der Waals surface area contributed by atoms with E-state index in [9.17, 15) is 0 Å². The summed E-state index contributed by atoms with van der Waals surface area (Å²) in [5.74, 6) is 1.67. The van der Waals surface area contributed by atoms with Crippen molar-refractivity contribution in [3.63, 3.8) is 0 Å². The highest BCUT2D eigenvalue weighted by atomic mass is 16.3. The number of nitrogens with zero attached hydrogens (tertiary/aromatic N) is 2. The fraction of sp³-hybridized carbons (Fsp3) is 0.103. The van der Waals surface area contributed by atoms with Gasteiger partial charge in [-0.25, -0.2) is 0 Å². The average molecular weight is 1060 g/mol. The number of hydrogen-bond donors (Lipinski definition) is 0. The molecule has 0 saturated carbocycles. The third-order valence-corrected chi connectivity index (χ3v) is 16.4. The first-order valence-electron chi connectivity index (χ1n) is 28.4. The molecule has 0 aliphatic rings. The van der Waals surface area contributed by atoms with Crippen molar-refractivity contribution >= 4 is 88.4 Å². The zero-order valence-electron chi connectivity index (χ0n) is 47.1. The molecule has 0 aliphatic heterocycles. The van der Waals surface area contributed by atoms with Crippen LogP contribution in [0.4, 0.5) is 34.1 Å². The molecule has 0 aliphatic carbocycles. The van der Waals surface area contributed by atoms with Crippen LogP contribution in [0, 0.1) is 0 Å². The molecule has 0 radical (unpaired) electrons. The first kappa shape index (κ1) is 50.3. The minimum absolute atomic E-state index is 0.0579. The molecule has 2 heterocycles. The summed E-state index contributed by atoms with van der Waals surface area (Å²) in [6.07, 6.45) is 0. The molecule has 12 aromatic carbocycles. The van der Waals surface area contributed by atoms with Crippen LogP contribution >= 0.6 is 0 Å². The Morgan fingerprint density at radius 2 is 0.549 bits per heavy atom. The number of hydrogen-bond acceptors (Lipinski definition) is 4. The van der Waals surface area contributed by atoms with Crippen molar-refractivity contribution in [1.29, 1.82) is 0 Å². The molecule has 0 saturated heterocycles. The van der Waals surface area contributed by atoms with Gasteiger partial charge < -0.3 is 18.6 Å². The second-order valence-corrected chi connectivity index (χ2v) is 23.9. The van der Waals surface area contributed by atoms with Crippen molar-refractivity contribution in [2.45, 2.75) is 52.4 Å². The van der Waals surface area contributed by atoms with E-state index in [-0.39, 0.29) is 10.8 Å². The molecule has 2 aromatic heterocycles. The van der Waals surface area contributed by atoms with Gasteiger partial charge in [0, 0.05) is 56.0 Å².